The lowest BCUT2D eigenvalue weighted by Crippen LogP contribution is -1.99. The van der Waals surface area contributed by atoms with Gasteiger partial charge < -0.3 is 9.52 Å². The fourth-order valence-electron chi connectivity index (χ4n) is 1.37. The number of furan rings is 1. The summed E-state index contributed by atoms with van der Waals surface area (Å²) in [7, 11) is 0. The zero-order chi connectivity index (χ0) is 11.7. The van der Waals surface area contributed by atoms with E-state index in [9.17, 15) is 5.11 Å². The Morgan fingerprint density at radius 1 is 1.25 bits per heavy atom. The average molecular weight is 322 g/mol. The largest absolute Gasteiger partial charge is 0.465 e. The highest BCUT2D eigenvalue weighted by atomic mass is 79.9. The standard InChI is InChI=1S/C11H7BrCl2O2/c12-8-3-4-16-11(8)10(15)7-2-1-6(13)5-9(7)14/h1-5,10,15H. The maximum atomic E-state index is 10.1. The maximum absolute atomic E-state index is 10.1. The Kier molecular flexibility index (Phi) is 3.60. The van der Waals surface area contributed by atoms with Gasteiger partial charge >= 0.3 is 0 Å². The lowest BCUT2D eigenvalue weighted by molar-refractivity contribution is 0.188. The molecular formula is C11H7BrCl2O2. The quantitative estimate of drug-likeness (QED) is 0.887. The van der Waals surface area contributed by atoms with Crippen molar-refractivity contribution >= 4 is 39.1 Å². The van der Waals surface area contributed by atoms with Crippen molar-refractivity contribution in [2.75, 3.05) is 0 Å². The first-order valence-electron chi connectivity index (χ1n) is 4.45. The molecule has 0 radical (unpaired) electrons. The van der Waals surface area contributed by atoms with Gasteiger partial charge in [-0.3, -0.25) is 0 Å². The number of hydrogen-bond donors (Lipinski definition) is 1. The van der Waals surface area contributed by atoms with Gasteiger partial charge in [0.1, 0.15) is 6.10 Å². The zero-order valence-corrected chi connectivity index (χ0v) is 11.1. The minimum absolute atomic E-state index is 0.406. The van der Waals surface area contributed by atoms with Crippen molar-refractivity contribution in [3.05, 3.63) is 56.4 Å². The van der Waals surface area contributed by atoms with E-state index in [4.69, 9.17) is 27.6 Å². The van der Waals surface area contributed by atoms with Crippen LogP contribution >= 0.6 is 39.1 Å². The molecule has 0 aliphatic carbocycles. The molecule has 0 aliphatic heterocycles. The Hall–Kier alpha value is -0.480. The SMILES string of the molecule is OC(c1ccc(Cl)cc1Cl)c1occc1Br. The normalized spacial score (nSPS) is 12.8. The summed E-state index contributed by atoms with van der Waals surface area (Å²) in [5.74, 6) is 0.421. The van der Waals surface area contributed by atoms with E-state index in [-0.39, 0.29) is 0 Å². The Bertz CT molecular complexity index is 510. The van der Waals surface area contributed by atoms with E-state index in [1.807, 2.05) is 0 Å². The summed E-state index contributed by atoms with van der Waals surface area (Å²) in [4.78, 5) is 0. The van der Waals surface area contributed by atoms with Crippen LogP contribution < -0.4 is 0 Å². The van der Waals surface area contributed by atoms with Gasteiger partial charge in [-0.25, -0.2) is 0 Å². The first-order chi connectivity index (χ1) is 7.59. The van der Waals surface area contributed by atoms with Crippen LogP contribution in [0.2, 0.25) is 10.0 Å². The monoisotopic (exact) mass is 320 g/mol. The van der Waals surface area contributed by atoms with Crippen LogP contribution in [0.4, 0.5) is 0 Å². The van der Waals surface area contributed by atoms with Gasteiger partial charge in [-0.05, 0) is 34.1 Å². The first kappa shape index (κ1) is 12.0. The summed E-state index contributed by atoms with van der Waals surface area (Å²) in [6.45, 7) is 0. The molecule has 2 aromatic rings. The van der Waals surface area contributed by atoms with E-state index < -0.39 is 6.10 Å². The number of aliphatic hydroxyl groups excluding tert-OH is 1. The zero-order valence-electron chi connectivity index (χ0n) is 7.95. The molecule has 0 spiro atoms. The topological polar surface area (TPSA) is 33.4 Å². The lowest BCUT2D eigenvalue weighted by Gasteiger charge is -2.11. The summed E-state index contributed by atoms with van der Waals surface area (Å²) in [6.07, 6.45) is 0.584. The molecule has 5 heteroatoms. The molecule has 0 saturated heterocycles. The van der Waals surface area contributed by atoms with Crippen molar-refractivity contribution in [1.82, 2.24) is 0 Å². The van der Waals surface area contributed by atoms with Gasteiger partial charge in [0, 0.05) is 15.6 Å². The van der Waals surface area contributed by atoms with Crippen LogP contribution in [-0.4, -0.2) is 5.11 Å². The molecule has 0 bridgehead atoms. The van der Waals surface area contributed by atoms with Gasteiger partial charge in [0.05, 0.1) is 10.7 Å². The van der Waals surface area contributed by atoms with Gasteiger partial charge in [0.25, 0.3) is 0 Å². The Balaban J connectivity index is 2.41. The van der Waals surface area contributed by atoms with E-state index in [1.54, 1.807) is 24.3 Å². The van der Waals surface area contributed by atoms with E-state index in [0.717, 1.165) is 0 Å². The molecule has 0 aliphatic rings. The lowest BCUT2D eigenvalue weighted by atomic mass is 10.1. The molecule has 1 aromatic heterocycles. The summed E-state index contributed by atoms with van der Waals surface area (Å²) in [5, 5.41) is 11.0. The van der Waals surface area contributed by atoms with E-state index >= 15 is 0 Å². The number of benzene rings is 1. The van der Waals surface area contributed by atoms with Crippen molar-refractivity contribution in [3.63, 3.8) is 0 Å². The third-order valence-electron chi connectivity index (χ3n) is 2.15. The maximum Gasteiger partial charge on any atom is 0.151 e. The number of hydrogen-bond acceptors (Lipinski definition) is 2. The van der Waals surface area contributed by atoms with Gasteiger partial charge in [-0.15, -0.1) is 0 Å². The van der Waals surface area contributed by atoms with Crippen molar-refractivity contribution in [2.45, 2.75) is 6.10 Å². The summed E-state index contributed by atoms with van der Waals surface area (Å²) in [5.41, 5.74) is 0.557. The molecule has 0 fully saturated rings. The minimum Gasteiger partial charge on any atom is -0.465 e. The molecule has 16 heavy (non-hydrogen) atoms. The second-order valence-electron chi connectivity index (χ2n) is 3.20. The van der Waals surface area contributed by atoms with Gasteiger partial charge in [-0.1, -0.05) is 29.3 Å². The van der Waals surface area contributed by atoms with Crippen molar-refractivity contribution < 1.29 is 9.52 Å². The molecule has 1 atom stereocenters. The van der Waals surface area contributed by atoms with Crippen LogP contribution in [0.3, 0.4) is 0 Å². The molecule has 1 heterocycles. The summed E-state index contributed by atoms with van der Waals surface area (Å²) in [6, 6.07) is 6.63. The van der Waals surface area contributed by atoms with Crippen LogP contribution in [0.25, 0.3) is 0 Å². The molecule has 1 unspecified atom stereocenters. The molecule has 2 nitrogen and oxygen atoms in total. The number of rotatable bonds is 2. The third kappa shape index (κ3) is 2.28. The summed E-state index contributed by atoms with van der Waals surface area (Å²) >= 11 is 15.1. The third-order valence-corrected chi connectivity index (χ3v) is 3.37. The van der Waals surface area contributed by atoms with E-state index in [2.05, 4.69) is 15.9 Å². The fourth-order valence-corrected chi connectivity index (χ4v) is 2.30. The Morgan fingerprint density at radius 2 is 2.00 bits per heavy atom. The smallest absolute Gasteiger partial charge is 0.151 e. The second kappa shape index (κ2) is 4.80. The number of halogens is 3. The fraction of sp³-hybridized carbons (Fsp3) is 0.0909. The van der Waals surface area contributed by atoms with Crippen LogP contribution in [0.1, 0.15) is 17.4 Å². The highest BCUT2D eigenvalue weighted by molar-refractivity contribution is 9.10. The Labute approximate surface area is 111 Å². The van der Waals surface area contributed by atoms with Gasteiger partial charge in [0.15, 0.2) is 5.76 Å². The second-order valence-corrected chi connectivity index (χ2v) is 4.90. The molecule has 0 saturated carbocycles. The van der Waals surface area contributed by atoms with Crippen molar-refractivity contribution in [3.8, 4) is 0 Å². The van der Waals surface area contributed by atoms with Crippen LogP contribution in [0.5, 0.6) is 0 Å². The Morgan fingerprint density at radius 3 is 2.56 bits per heavy atom. The minimum atomic E-state index is -0.908. The highest BCUT2D eigenvalue weighted by Crippen LogP contribution is 2.34. The molecule has 1 aromatic carbocycles. The first-order valence-corrected chi connectivity index (χ1v) is 6.00. The summed E-state index contributed by atoms with van der Waals surface area (Å²) < 4.78 is 5.88. The molecule has 84 valence electrons. The number of aliphatic hydroxyl groups is 1. The predicted molar refractivity (Wildman–Crippen MR) is 66.9 cm³/mol. The predicted octanol–water partition coefficient (Wildman–Crippen LogP) is 4.43. The van der Waals surface area contributed by atoms with Gasteiger partial charge in [-0.2, -0.15) is 0 Å². The van der Waals surface area contributed by atoms with Crippen LogP contribution in [0.15, 0.2) is 39.4 Å². The average Bonchev–Trinajstić information content (AvgIpc) is 2.63. The van der Waals surface area contributed by atoms with Gasteiger partial charge in [0.2, 0.25) is 0 Å². The molecule has 1 N–H and O–H groups in total. The van der Waals surface area contributed by atoms with E-state index in [0.29, 0.717) is 25.8 Å². The van der Waals surface area contributed by atoms with Crippen molar-refractivity contribution in [1.29, 1.82) is 0 Å². The molecular weight excluding hydrogens is 315 g/mol. The molecule has 0 amide bonds. The van der Waals surface area contributed by atoms with Crippen molar-refractivity contribution in [2.24, 2.45) is 0 Å². The van der Waals surface area contributed by atoms with E-state index in [1.165, 1.54) is 6.26 Å². The highest BCUT2D eigenvalue weighted by Gasteiger charge is 2.19. The van der Waals surface area contributed by atoms with Crippen LogP contribution in [-0.2, 0) is 0 Å². The molecule has 2 rings (SSSR count). The van der Waals surface area contributed by atoms with Crippen LogP contribution in [0, 0.1) is 0 Å².